The van der Waals surface area contributed by atoms with E-state index >= 15 is 0 Å². The lowest BCUT2D eigenvalue weighted by Gasteiger charge is -2.06. The molecule has 0 atom stereocenters. The largest absolute Gasteiger partial charge is 0.309 e. The van der Waals surface area contributed by atoms with E-state index in [4.69, 9.17) is 0 Å². The molecule has 1 aromatic heterocycles. The van der Waals surface area contributed by atoms with E-state index in [1.165, 1.54) is 16.8 Å². The van der Waals surface area contributed by atoms with Crippen molar-refractivity contribution in [2.45, 2.75) is 6.42 Å². The van der Waals surface area contributed by atoms with Crippen molar-refractivity contribution in [2.75, 3.05) is 27.2 Å². The van der Waals surface area contributed by atoms with E-state index in [0.29, 0.717) is 23.5 Å². The Morgan fingerprint density at radius 1 is 1.14 bits per heavy atom. The summed E-state index contributed by atoms with van der Waals surface area (Å²) in [6.45, 7) is 1.54. The summed E-state index contributed by atoms with van der Waals surface area (Å²) >= 11 is 0. The third-order valence-corrected chi connectivity index (χ3v) is 4.42. The number of benzene rings is 2. The molecule has 0 fully saturated rings. The summed E-state index contributed by atoms with van der Waals surface area (Å²) < 4.78 is 1.38. The number of H-pyrrole nitrogens is 1. The third-order valence-electron chi connectivity index (χ3n) is 4.42. The Hall–Kier alpha value is -3.52. The first-order valence-electron chi connectivity index (χ1n) is 9.27. The van der Waals surface area contributed by atoms with Gasteiger partial charge in [-0.15, -0.1) is 0 Å². The number of nitro benzene ring substituents is 1. The number of aromatic nitrogens is 2. The number of aromatic amines is 1. The van der Waals surface area contributed by atoms with Crippen LogP contribution in [-0.2, 0) is 0 Å². The minimum absolute atomic E-state index is 0.0284. The molecule has 0 aliphatic carbocycles. The second-order valence-electron chi connectivity index (χ2n) is 6.87. The summed E-state index contributed by atoms with van der Waals surface area (Å²) in [7, 11) is 4.01. The lowest BCUT2D eigenvalue weighted by atomic mass is 10.1. The molecule has 2 aromatic carbocycles. The van der Waals surface area contributed by atoms with Crippen LogP contribution in [0.4, 0.5) is 5.69 Å². The SMILES string of the molecule is CN(C)CCCN=Cc1c(-c2ccccc2)[nH]n(-c2ccc([N+](=O)[O-])cc2)c1=O. The molecule has 0 amide bonds. The average Bonchev–Trinajstić information content (AvgIpc) is 3.04. The van der Waals surface area contributed by atoms with Crippen molar-refractivity contribution in [2.24, 2.45) is 4.99 Å². The van der Waals surface area contributed by atoms with Gasteiger partial charge in [0.05, 0.1) is 21.9 Å². The highest BCUT2D eigenvalue weighted by Gasteiger charge is 2.16. The van der Waals surface area contributed by atoms with Gasteiger partial charge in [0.2, 0.25) is 0 Å². The van der Waals surface area contributed by atoms with Gasteiger partial charge in [0.1, 0.15) is 0 Å². The average molecular weight is 393 g/mol. The number of rotatable bonds is 8. The van der Waals surface area contributed by atoms with Crippen molar-refractivity contribution < 1.29 is 4.92 Å². The maximum atomic E-state index is 13.1. The Morgan fingerprint density at radius 2 is 1.83 bits per heavy atom. The predicted molar refractivity (Wildman–Crippen MR) is 114 cm³/mol. The predicted octanol–water partition coefficient (Wildman–Crippen LogP) is 3.11. The van der Waals surface area contributed by atoms with Crippen LogP contribution in [0.15, 0.2) is 64.4 Å². The standard InChI is InChI=1S/C21H23N5O3/c1-24(2)14-6-13-22-15-19-20(16-7-4-3-5-8-16)23-25(21(19)27)17-9-11-18(12-10-17)26(28)29/h3-5,7-12,15,23H,6,13-14H2,1-2H3. The first-order chi connectivity index (χ1) is 14.0. The number of nitrogens with one attached hydrogen (secondary N) is 1. The Balaban J connectivity index is 1.98. The Morgan fingerprint density at radius 3 is 2.45 bits per heavy atom. The van der Waals surface area contributed by atoms with E-state index in [1.807, 2.05) is 44.4 Å². The normalized spacial score (nSPS) is 11.4. The van der Waals surface area contributed by atoms with Crippen LogP contribution in [0.2, 0.25) is 0 Å². The zero-order valence-electron chi connectivity index (χ0n) is 16.4. The van der Waals surface area contributed by atoms with Gasteiger partial charge in [-0.2, -0.15) is 0 Å². The van der Waals surface area contributed by atoms with Crippen molar-refractivity contribution in [3.05, 3.63) is 80.6 Å². The maximum absolute atomic E-state index is 13.1. The number of hydrogen-bond acceptors (Lipinski definition) is 5. The molecule has 3 rings (SSSR count). The maximum Gasteiger partial charge on any atom is 0.280 e. The molecule has 150 valence electrons. The molecule has 1 N–H and O–H groups in total. The van der Waals surface area contributed by atoms with Gasteiger partial charge in [-0.05, 0) is 39.2 Å². The van der Waals surface area contributed by atoms with Crippen LogP contribution in [0, 0.1) is 10.1 Å². The van der Waals surface area contributed by atoms with Crippen molar-refractivity contribution in [3.63, 3.8) is 0 Å². The van der Waals surface area contributed by atoms with E-state index in [0.717, 1.165) is 18.5 Å². The van der Waals surface area contributed by atoms with Crippen LogP contribution in [-0.4, -0.2) is 53.0 Å². The van der Waals surface area contributed by atoms with Gasteiger partial charge in [0.15, 0.2) is 0 Å². The van der Waals surface area contributed by atoms with Crippen LogP contribution in [0.25, 0.3) is 16.9 Å². The smallest absolute Gasteiger partial charge is 0.280 e. The van der Waals surface area contributed by atoms with E-state index in [9.17, 15) is 14.9 Å². The van der Waals surface area contributed by atoms with E-state index in [-0.39, 0.29) is 11.2 Å². The Kier molecular flexibility index (Phi) is 6.36. The summed E-state index contributed by atoms with van der Waals surface area (Å²) in [6, 6.07) is 15.4. The van der Waals surface area contributed by atoms with Gasteiger partial charge in [-0.25, -0.2) is 4.68 Å². The molecular weight excluding hydrogens is 370 g/mol. The number of non-ortho nitro benzene ring substituents is 1. The fraction of sp³-hybridized carbons (Fsp3) is 0.238. The van der Waals surface area contributed by atoms with E-state index in [1.54, 1.807) is 18.3 Å². The fourth-order valence-corrected chi connectivity index (χ4v) is 2.93. The molecule has 1 heterocycles. The van der Waals surface area contributed by atoms with Crippen LogP contribution < -0.4 is 5.56 Å². The quantitative estimate of drug-likeness (QED) is 0.275. The van der Waals surface area contributed by atoms with Crippen LogP contribution in [0.3, 0.4) is 0 Å². The Bertz CT molecular complexity index is 1050. The summed E-state index contributed by atoms with van der Waals surface area (Å²) in [4.78, 5) is 30.0. The van der Waals surface area contributed by atoms with E-state index < -0.39 is 4.92 Å². The van der Waals surface area contributed by atoms with Crippen LogP contribution >= 0.6 is 0 Å². The van der Waals surface area contributed by atoms with Gasteiger partial charge >= 0.3 is 0 Å². The van der Waals surface area contributed by atoms with Gasteiger partial charge in [-0.1, -0.05) is 30.3 Å². The highest BCUT2D eigenvalue weighted by molar-refractivity contribution is 5.88. The Labute approximate surface area is 168 Å². The lowest BCUT2D eigenvalue weighted by Crippen LogP contribution is -2.17. The van der Waals surface area contributed by atoms with Gasteiger partial charge in [0.25, 0.3) is 11.2 Å². The molecular formula is C21H23N5O3. The summed E-state index contributed by atoms with van der Waals surface area (Å²) in [5.74, 6) is 0. The topological polar surface area (TPSA) is 96.5 Å². The molecule has 0 unspecified atom stereocenters. The molecule has 0 saturated heterocycles. The highest BCUT2D eigenvalue weighted by Crippen LogP contribution is 2.20. The zero-order valence-corrected chi connectivity index (χ0v) is 16.4. The number of nitro groups is 1. The molecule has 8 heteroatoms. The molecule has 3 aromatic rings. The third kappa shape index (κ3) is 4.85. The van der Waals surface area contributed by atoms with Crippen molar-refractivity contribution in [3.8, 4) is 16.9 Å². The second-order valence-corrected chi connectivity index (χ2v) is 6.87. The molecule has 8 nitrogen and oxygen atoms in total. The number of nitrogens with zero attached hydrogens (tertiary/aromatic N) is 4. The summed E-state index contributed by atoms with van der Waals surface area (Å²) in [5.41, 5.74) is 2.21. The number of aliphatic imine (C=N–C) groups is 1. The first kappa shape index (κ1) is 20.2. The minimum atomic E-state index is -0.470. The number of hydrogen-bond donors (Lipinski definition) is 1. The molecule has 29 heavy (non-hydrogen) atoms. The molecule has 0 radical (unpaired) electrons. The monoisotopic (exact) mass is 393 g/mol. The minimum Gasteiger partial charge on any atom is -0.309 e. The van der Waals surface area contributed by atoms with Crippen molar-refractivity contribution >= 4 is 11.9 Å². The fourth-order valence-electron chi connectivity index (χ4n) is 2.93. The van der Waals surface area contributed by atoms with Gasteiger partial charge < -0.3 is 4.90 Å². The molecule has 0 aliphatic rings. The second kappa shape index (κ2) is 9.11. The van der Waals surface area contributed by atoms with Crippen molar-refractivity contribution in [1.29, 1.82) is 0 Å². The van der Waals surface area contributed by atoms with E-state index in [2.05, 4.69) is 15.0 Å². The van der Waals surface area contributed by atoms with Crippen LogP contribution in [0.5, 0.6) is 0 Å². The van der Waals surface area contributed by atoms with Gasteiger partial charge in [-0.3, -0.25) is 25.0 Å². The lowest BCUT2D eigenvalue weighted by molar-refractivity contribution is -0.384. The molecule has 0 saturated carbocycles. The summed E-state index contributed by atoms with van der Waals surface area (Å²) in [5, 5.41) is 14.0. The first-order valence-corrected chi connectivity index (χ1v) is 9.27. The molecule has 0 spiro atoms. The summed E-state index contributed by atoms with van der Waals surface area (Å²) in [6.07, 6.45) is 2.50. The highest BCUT2D eigenvalue weighted by atomic mass is 16.6. The molecule has 0 aliphatic heterocycles. The van der Waals surface area contributed by atoms with Gasteiger partial charge in [0, 0.05) is 30.5 Å². The zero-order chi connectivity index (χ0) is 20.8. The van der Waals surface area contributed by atoms with Crippen molar-refractivity contribution in [1.82, 2.24) is 14.7 Å². The van der Waals surface area contributed by atoms with Crippen LogP contribution in [0.1, 0.15) is 12.0 Å². The molecule has 0 bridgehead atoms.